The number of hydrogen-bond acceptors (Lipinski definition) is 1. The molecule has 0 aliphatic carbocycles. The topological polar surface area (TPSA) is 12.0 Å². The normalized spacial score (nSPS) is 10.3. The molecule has 1 N–H and O–H groups in total. The van der Waals surface area contributed by atoms with E-state index in [0.717, 1.165) is 11.6 Å². The molecule has 2 aromatic carbocycles. The second-order valence-corrected chi connectivity index (χ2v) is 4.73. The van der Waals surface area contributed by atoms with Gasteiger partial charge in [0.25, 0.3) is 0 Å². The van der Waals surface area contributed by atoms with Crippen molar-refractivity contribution in [2.24, 2.45) is 0 Å². The maximum Gasteiger partial charge on any atom is 0.0406 e. The maximum atomic E-state index is 5.85. The van der Waals surface area contributed by atoms with Gasteiger partial charge in [-0.3, -0.25) is 0 Å². The highest BCUT2D eigenvalue weighted by Gasteiger charge is 1.98. The van der Waals surface area contributed by atoms with Gasteiger partial charge in [-0.25, -0.2) is 0 Å². The van der Waals surface area contributed by atoms with Crippen molar-refractivity contribution in [3.63, 3.8) is 0 Å². The van der Waals surface area contributed by atoms with Gasteiger partial charge in [0.2, 0.25) is 0 Å². The third-order valence-electron chi connectivity index (χ3n) is 2.78. The van der Waals surface area contributed by atoms with E-state index in [-0.39, 0.29) is 0 Å². The molecule has 2 heteroatoms. The molecule has 2 aromatic rings. The first-order valence-corrected chi connectivity index (χ1v) is 6.08. The van der Waals surface area contributed by atoms with Gasteiger partial charge in [0.1, 0.15) is 0 Å². The van der Waals surface area contributed by atoms with Crippen molar-refractivity contribution in [2.45, 2.75) is 20.4 Å². The van der Waals surface area contributed by atoms with Gasteiger partial charge in [-0.05, 0) is 43.2 Å². The number of rotatable bonds is 3. The van der Waals surface area contributed by atoms with Crippen LogP contribution in [0.25, 0.3) is 0 Å². The molecule has 0 bridgehead atoms. The average Bonchev–Trinajstić information content (AvgIpc) is 2.30. The number of nitrogens with one attached hydrogen (secondary N) is 1. The van der Waals surface area contributed by atoms with Gasteiger partial charge in [0.05, 0.1) is 0 Å². The molecule has 0 saturated carbocycles. The Morgan fingerprint density at radius 1 is 1.00 bits per heavy atom. The Morgan fingerprint density at radius 2 is 1.71 bits per heavy atom. The minimum atomic E-state index is 0.778. The Labute approximate surface area is 107 Å². The molecule has 0 radical (unpaired) electrons. The van der Waals surface area contributed by atoms with Crippen LogP contribution in [0, 0.1) is 13.8 Å². The van der Waals surface area contributed by atoms with Gasteiger partial charge < -0.3 is 5.32 Å². The van der Waals surface area contributed by atoms with Crippen LogP contribution in [0.15, 0.2) is 42.5 Å². The van der Waals surface area contributed by atoms with Gasteiger partial charge >= 0.3 is 0 Å². The van der Waals surface area contributed by atoms with Crippen LogP contribution in [0.3, 0.4) is 0 Å². The minimum absolute atomic E-state index is 0.778. The van der Waals surface area contributed by atoms with E-state index in [0.29, 0.717) is 0 Å². The van der Waals surface area contributed by atoms with Gasteiger partial charge in [-0.2, -0.15) is 0 Å². The fourth-order valence-corrected chi connectivity index (χ4v) is 1.94. The molecule has 1 nitrogen and oxygen atoms in total. The number of hydrogen-bond donors (Lipinski definition) is 1. The summed E-state index contributed by atoms with van der Waals surface area (Å²) >= 11 is 5.85. The summed E-state index contributed by atoms with van der Waals surface area (Å²) in [5.74, 6) is 0. The Bertz CT molecular complexity index is 503. The molecule has 0 aliphatic heterocycles. The molecule has 0 aromatic heterocycles. The molecular weight excluding hydrogens is 230 g/mol. The highest BCUT2D eigenvalue weighted by atomic mass is 35.5. The Hall–Kier alpha value is -1.47. The van der Waals surface area contributed by atoms with Crippen LogP contribution in [0.1, 0.15) is 16.7 Å². The van der Waals surface area contributed by atoms with Crippen molar-refractivity contribution >= 4 is 17.3 Å². The molecule has 0 atom stereocenters. The molecule has 2 rings (SSSR count). The number of benzene rings is 2. The molecular formula is C15H16ClN. The van der Waals surface area contributed by atoms with Gasteiger partial charge in [0.15, 0.2) is 0 Å². The van der Waals surface area contributed by atoms with E-state index in [1.807, 2.05) is 24.3 Å². The van der Waals surface area contributed by atoms with Gasteiger partial charge in [-0.1, -0.05) is 41.4 Å². The summed E-state index contributed by atoms with van der Waals surface area (Å²) in [5, 5.41) is 4.21. The van der Waals surface area contributed by atoms with E-state index < -0.39 is 0 Å². The predicted octanol–water partition coefficient (Wildman–Crippen LogP) is 4.57. The van der Waals surface area contributed by atoms with E-state index in [1.165, 1.54) is 22.4 Å². The molecule has 0 fully saturated rings. The highest BCUT2D eigenvalue weighted by molar-refractivity contribution is 6.30. The van der Waals surface area contributed by atoms with Crippen LogP contribution in [0.4, 0.5) is 5.69 Å². The van der Waals surface area contributed by atoms with Crippen LogP contribution in [0.5, 0.6) is 0 Å². The third kappa shape index (κ3) is 3.24. The molecule has 88 valence electrons. The summed E-state index contributed by atoms with van der Waals surface area (Å²) in [6, 6.07) is 14.3. The van der Waals surface area contributed by atoms with E-state index >= 15 is 0 Å². The third-order valence-corrected chi connectivity index (χ3v) is 3.03. The van der Waals surface area contributed by atoms with Crippen LogP contribution >= 0.6 is 11.6 Å². The van der Waals surface area contributed by atoms with Gasteiger partial charge in [-0.15, -0.1) is 0 Å². The lowest BCUT2D eigenvalue weighted by molar-refractivity contribution is 1.14. The lowest BCUT2D eigenvalue weighted by Crippen LogP contribution is -2.00. The first-order valence-electron chi connectivity index (χ1n) is 5.71. The monoisotopic (exact) mass is 245 g/mol. The summed E-state index contributed by atoms with van der Waals surface area (Å²) in [6.07, 6.45) is 0. The van der Waals surface area contributed by atoms with E-state index in [1.54, 1.807) is 0 Å². The number of anilines is 1. The predicted molar refractivity (Wildman–Crippen MR) is 74.7 cm³/mol. The Balaban J connectivity index is 2.04. The second kappa shape index (κ2) is 5.24. The summed E-state index contributed by atoms with van der Waals surface area (Å²) in [5.41, 5.74) is 4.98. The molecule has 17 heavy (non-hydrogen) atoms. The Morgan fingerprint density at radius 3 is 2.35 bits per heavy atom. The summed E-state index contributed by atoms with van der Waals surface area (Å²) in [4.78, 5) is 0. The molecule has 0 aliphatic rings. The fourth-order valence-electron chi connectivity index (χ4n) is 1.81. The van der Waals surface area contributed by atoms with Crippen LogP contribution in [-0.2, 0) is 6.54 Å². The smallest absolute Gasteiger partial charge is 0.0406 e. The molecule has 0 unspecified atom stereocenters. The maximum absolute atomic E-state index is 5.85. The summed E-state index contributed by atoms with van der Waals surface area (Å²) in [7, 11) is 0. The van der Waals surface area contributed by atoms with E-state index in [4.69, 9.17) is 11.6 Å². The SMILES string of the molecule is Cc1ccc(NCc2ccc(Cl)cc2)c(C)c1. The number of halogens is 1. The molecule has 0 saturated heterocycles. The van der Waals surface area contributed by atoms with E-state index in [9.17, 15) is 0 Å². The molecule has 0 heterocycles. The van der Waals surface area contributed by atoms with Crippen molar-refractivity contribution in [2.75, 3.05) is 5.32 Å². The summed E-state index contributed by atoms with van der Waals surface area (Å²) in [6.45, 7) is 5.05. The van der Waals surface area contributed by atoms with Crippen LogP contribution < -0.4 is 5.32 Å². The zero-order valence-electron chi connectivity index (χ0n) is 10.1. The quantitative estimate of drug-likeness (QED) is 0.835. The molecule has 0 amide bonds. The zero-order valence-corrected chi connectivity index (χ0v) is 10.9. The standard InChI is InChI=1S/C15H16ClN/c1-11-3-8-15(12(2)9-11)17-10-13-4-6-14(16)7-5-13/h3-9,17H,10H2,1-2H3. The average molecular weight is 246 g/mol. The zero-order chi connectivity index (χ0) is 12.3. The van der Waals surface area contributed by atoms with E-state index in [2.05, 4.69) is 37.4 Å². The largest absolute Gasteiger partial charge is 0.381 e. The first kappa shape index (κ1) is 12.0. The van der Waals surface area contributed by atoms with Crippen molar-refractivity contribution in [3.8, 4) is 0 Å². The van der Waals surface area contributed by atoms with Crippen molar-refractivity contribution < 1.29 is 0 Å². The van der Waals surface area contributed by atoms with Crippen LogP contribution in [-0.4, -0.2) is 0 Å². The van der Waals surface area contributed by atoms with Gasteiger partial charge in [0, 0.05) is 17.3 Å². The lowest BCUT2D eigenvalue weighted by Gasteiger charge is -2.10. The first-order chi connectivity index (χ1) is 8.15. The van der Waals surface area contributed by atoms with Crippen molar-refractivity contribution in [3.05, 3.63) is 64.2 Å². The highest BCUT2D eigenvalue weighted by Crippen LogP contribution is 2.17. The minimum Gasteiger partial charge on any atom is -0.381 e. The van der Waals surface area contributed by atoms with Crippen LogP contribution in [0.2, 0.25) is 5.02 Å². The number of aryl methyl sites for hydroxylation is 2. The summed E-state index contributed by atoms with van der Waals surface area (Å²) < 4.78 is 0. The fraction of sp³-hybridized carbons (Fsp3) is 0.200. The van der Waals surface area contributed by atoms with Crippen molar-refractivity contribution in [1.29, 1.82) is 0 Å². The lowest BCUT2D eigenvalue weighted by atomic mass is 10.1. The Kier molecular flexibility index (Phi) is 3.70. The second-order valence-electron chi connectivity index (χ2n) is 4.30. The van der Waals surface area contributed by atoms with Crippen molar-refractivity contribution in [1.82, 2.24) is 0 Å². The molecule has 0 spiro atoms.